The van der Waals surface area contributed by atoms with Crippen molar-refractivity contribution in [3.63, 3.8) is 0 Å². The van der Waals surface area contributed by atoms with E-state index in [0.717, 1.165) is 0 Å². The van der Waals surface area contributed by atoms with E-state index >= 15 is 0 Å². The standard InChI is InChI=1S/C17H31N/c1-3-14-18-16(15-10-6-4-7-11-15)17(2)12-8-5-9-13-17/h10,16,18H,3-9,11-14H2,1-2H3. The Hall–Kier alpha value is -0.300. The van der Waals surface area contributed by atoms with Crippen molar-refractivity contribution in [3.05, 3.63) is 11.6 Å². The van der Waals surface area contributed by atoms with Crippen LogP contribution in [-0.4, -0.2) is 12.6 Å². The zero-order valence-corrected chi connectivity index (χ0v) is 12.4. The lowest BCUT2D eigenvalue weighted by Crippen LogP contribution is -2.46. The summed E-state index contributed by atoms with van der Waals surface area (Å²) in [6.45, 7) is 6.00. The predicted molar refractivity (Wildman–Crippen MR) is 79.8 cm³/mol. The Bertz CT molecular complexity index is 273. The molecule has 18 heavy (non-hydrogen) atoms. The van der Waals surface area contributed by atoms with Gasteiger partial charge >= 0.3 is 0 Å². The first-order chi connectivity index (χ1) is 8.76. The summed E-state index contributed by atoms with van der Waals surface area (Å²) in [6.07, 6.45) is 16.4. The molecule has 1 atom stereocenters. The van der Waals surface area contributed by atoms with E-state index in [-0.39, 0.29) is 0 Å². The van der Waals surface area contributed by atoms with E-state index in [1.165, 1.54) is 70.8 Å². The Morgan fingerprint density at radius 1 is 1.17 bits per heavy atom. The zero-order valence-electron chi connectivity index (χ0n) is 12.4. The molecule has 1 fully saturated rings. The minimum absolute atomic E-state index is 0.524. The van der Waals surface area contributed by atoms with Gasteiger partial charge in [0.2, 0.25) is 0 Å². The molecule has 2 rings (SSSR count). The molecule has 0 radical (unpaired) electrons. The number of rotatable bonds is 5. The minimum atomic E-state index is 0.524. The first-order valence-electron chi connectivity index (χ1n) is 8.18. The molecule has 104 valence electrons. The average molecular weight is 249 g/mol. The number of hydrogen-bond acceptors (Lipinski definition) is 1. The van der Waals surface area contributed by atoms with Crippen LogP contribution in [0.2, 0.25) is 0 Å². The molecular weight excluding hydrogens is 218 g/mol. The summed E-state index contributed by atoms with van der Waals surface area (Å²) in [5.74, 6) is 0. The summed E-state index contributed by atoms with van der Waals surface area (Å²) < 4.78 is 0. The monoisotopic (exact) mass is 249 g/mol. The first-order valence-corrected chi connectivity index (χ1v) is 8.18. The van der Waals surface area contributed by atoms with Crippen LogP contribution in [0, 0.1) is 5.41 Å². The highest BCUT2D eigenvalue weighted by Crippen LogP contribution is 2.42. The molecule has 1 heteroatoms. The average Bonchev–Trinajstić information content (AvgIpc) is 2.41. The van der Waals surface area contributed by atoms with Crippen LogP contribution >= 0.6 is 0 Å². The van der Waals surface area contributed by atoms with Crippen molar-refractivity contribution in [1.29, 1.82) is 0 Å². The van der Waals surface area contributed by atoms with E-state index in [2.05, 4.69) is 25.2 Å². The molecular formula is C17H31N. The van der Waals surface area contributed by atoms with Gasteiger partial charge in [0.1, 0.15) is 0 Å². The van der Waals surface area contributed by atoms with E-state index in [4.69, 9.17) is 0 Å². The molecule has 0 aliphatic heterocycles. The Morgan fingerprint density at radius 3 is 2.56 bits per heavy atom. The van der Waals surface area contributed by atoms with Crippen molar-refractivity contribution in [2.24, 2.45) is 5.41 Å². The second-order valence-electron chi connectivity index (χ2n) is 6.63. The van der Waals surface area contributed by atoms with Crippen molar-refractivity contribution in [1.82, 2.24) is 5.32 Å². The van der Waals surface area contributed by atoms with E-state index in [0.29, 0.717) is 11.5 Å². The van der Waals surface area contributed by atoms with Gasteiger partial charge in [-0.1, -0.05) is 44.8 Å². The molecule has 0 bridgehead atoms. The highest BCUT2D eigenvalue weighted by molar-refractivity contribution is 5.18. The second kappa shape index (κ2) is 6.75. The number of hydrogen-bond donors (Lipinski definition) is 1. The van der Waals surface area contributed by atoms with Gasteiger partial charge in [-0.05, 0) is 56.9 Å². The van der Waals surface area contributed by atoms with Crippen molar-refractivity contribution >= 4 is 0 Å². The van der Waals surface area contributed by atoms with Gasteiger partial charge in [-0.15, -0.1) is 0 Å². The lowest BCUT2D eigenvalue weighted by molar-refractivity contribution is 0.160. The summed E-state index contributed by atoms with van der Waals surface area (Å²) in [6, 6.07) is 0.665. The van der Waals surface area contributed by atoms with Crippen LogP contribution in [0.5, 0.6) is 0 Å². The lowest BCUT2D eigenvalue weighted by Gasteiger charge is -2.43. The van der Waals surface area contributed by atoms with Crippen LogP contribution in [0.3, 0.4) is 0 Å². The van der Waals surface area contributed by atoms with Crippen LogP contribution in [-0.2, 0) is 0 Å². The highest BCUT2D eigenvalue weighted by Gasteiger charge is 2.36. The summed E-state index contributed by atoms with van der Waals surface area (Å²) in [4.78, 5) is 0. The van der Waals surface area contributed by atoms with E-state index in [9.17, 15) is 0 Å². The highest BCUT2D eigenvalue weighted by atomic mass is 14.9. The van der Waals surface area contributed by atoms with Crippen LogP contribution < -0.4 is 5.32 Å². The number of allylic oxidation sites excluding steroid dienone is 1. The summed E-state index contributed by atoms with van der Waals surface area (Å²) in [5.41, 5.74) is 2.26. The molecule has 0 aromatic carbocycles. The molecule has 0 spiro atoms. The molecule has 1 saturated carbocycles. The van der Waals surface area contributed by atoms with Crippen molar-refractivity contribution in [2.75, 3.05) is 6.54 Å². The zero-order chi connectivity index (χ0) is 12.8. The van der Waals surface area contributed by atoms with E-state index < -0.39 is 0 Å². The normalized spacial score (nSPS) is 25.6. The Kier molecular flexibility index (Phi) is 5.29. The Morgan fingerprint density at radius 2 is 1.94 bits per heavy atom. The van der Waals surface area contributed by atoms with Gasteiger partial charge in [-0.2, -0.15) is 0 Å². The van der Waals surface area contributed by atoms with Gasteiger partial charge in [0.15, 0.2) is 0 Å². The third kappa shape index (κ3) is 3.38. The maximum atomic E-state index is 3.88. The third-order valence-corrected chi connectivity index (χ3v) is 4.99. The quantitative estimate of drug-likeness (QED) is 0.688. The van der Waals surface area contributed by atoms with Gasteiger partial charge in [-0.25, -0.2) is 0 Å². The van der Waals surface area contributed by atoms with Crippen molar-refractivity contribution in [2.45, 2.75) is 84.1 Å². The molecule has 2 aliphatic rings. The molecule has 0 aromatic rings. The molecule has 0 amide bonds. The maximum absolute atomic E-state index is 3.88. The SMILES string of the molecule is CCCNC(C1=CCCCC1)C1(C)CCCCC1. The Balaban J connectivity index is 2.09. The molecule has 0 heterocycles. The summed E-state index contributed by atoms with van der Waals surface area (Å²) in [5, 5.41) is 3.88. The molecule has 1 nitrogen and oxygen atoms in total. The molecule has 0 saturated heterocycles. The predicted octanol–water partition coefficient (Wildman–Crippen LogP) is 4.83. The fourth-order valence-corrected chi connectivity index (χ4v) is 3.89. The van der Waals surface area contributed by atoms with Crippen LogP contribution in [0.25, 0.3) is 0 Å². The van der Waals surface area contributed by atoms with Crippen molar-refractivity contribution in [3.8, 4) is 0 Å². The van der Waals surface area contributed by atoms with Crippen LogP contribution in [0.4, 0.5) is 0 Å². The third-order valence-electron chi connectivity index (χ3n) is 4.99. The maximum Gasteiger partial charge on any atom is 0.0333 e. The second-order valence-corrected chi connectivity index (χ2v) is 6.63. The van der Waals surface area contributed by atoms with Gasteiger partial charge in [-0.3, -0.25) is 0 Å². The van der Waals surface area contributed by atoms with Gasteiger partial charge in [0.05, 0.1) is 0 Å². The summed E-state index contributed by atoms with van der Waals surface area (Å²) in [7, 11) is 0. The fourth-order valence-electron chi connectivity index (χ4n) is 3.89. The van der Waals surface area contributed by atoms with Crippen molar-refractivity contribution < 1.29 is 0 Å². The topological polar surface area (TPSA) is 12.0 Å². The summed E-state index contributed by atoms with van der Waals surface area (Å²) >= 11 is 0. The van der Waals surface area contributed by atoms with Gasteiger partial charge < -0.3 is 5.32 Å². The smallest absolute Gasteiger partial charge is 0.0333 e. The molecule has 0 aromatic heterocycles. The lowest BCUT2D eigenvalue weighted by atomic mass is 9.67. The fraction of sp³-hybridized carbons (Fsp3) is 0.882. The molecule has 2 aliphatic carbocycles. The number of nitrogens with one attached hydrogen (secondary N) is 1. The van der Waals surface area contributed by atoms with E-state index in [1.54, 1.807) is 5.57 Å². The minimum Gasteiger partial charge on any atom is -0.310 e. The van der Waals surface area contributed by atoms with Crippen LogP contribution in [0.15, 0.2) is 11.6 Å². The molecule has 1 N–H and O–H groups in total. The van der Waals surface area contributed by atoms with Gasteiger partial charge in [0, 0.05) is 6.04 Å². The first kappa shape index (κ1) is 14.1. The van der Waals surface area contributed by atoms with E-state index in [1.807, 2.05) is 0 Å². The molecule has 1 unspecified atom stereocenters. The Labute approximate surface area is 113 Å². The van der Waals surface area contributed by atoms with Gasteiger partial charge in [0.25, 0.3) is 0 Å². The largest absolute Gasteiger partial charge is 0.310 e. The van der Waals surface area contributed by atoms with Crippen LogP contribution in [0.1, 0.15) is 78.1 Å².